The molecule has 0 saturated heterocycles. The minimum atomic E-state index is 0.712. The fraction of sp³-hybridized carbons (Fsp3) is 0.250. The molecule has 20 heavy (non-hydrogen) atoms. The quantitative estimate of drug-likeness (QED) is 0.668. The van der Waals surface area contributed by atoms with Crippen molar-refractivity contribution in [1.29, 1.82) is 0 Å². The van der Waals surface area contributed by atoms with Gasteiger partial charge in [0, 0.05) is 12.1 Å². The second kappa shape index (κ2) is 5.93. The molecule has 0 aliphatic heterocycles. The van der Waals surface area contributed by atoms with Gasteiger partial charge in [0.25, 0.3) is 0 Å². The van der Waals surface area contributed by atoms with Gasteiger partial charge < -0.3 is 4.57 Å². The summed E-state index contributed by atoms with van der Waals surface area (Å²) < 4.78 is 4.05. The fourth-order valence-corrected chi connectivity index (χ4v) is 4.40. The van der Waals surface area contributed by atoms with Crippen molar-refractivity contribution in [3.05, 3.63) is 29.0 Å². The Morgan fingerprint density at radius 2 is 2.10 bits per heavy atom. The van der Waals surface area contributed by atoms with E-state index in [0.717, 1.165) is 31.3 Å². The topological polar surface area (TPSA) is 43.6 Å². The van der Waals surface area contributed by atoms with Gasteiger partial charge in [-0.1, -0.05) is 46.5 Å². The molecule has 1 aromatic carbocycles. The average Bonchev–Trinajstić information content (AvgIpc) is 3.01. The van der Waals surface area contributed by atoms with E-state index in [1.54, 1.807) is 34.9 Å². The number of hydrogen-bond acceptors (Lipinski definition) is 6. The van der Waals surface area contributed by atoms with Crippen LogP contribution in [-0.2, 0) is 12.8 Å². The molecule has 0 N–H and O–H groups in total. The number of aryl methyl sites for hydroxylation is 1. The van der Waals surface area contributed by atoms with Gasteiger partial charge in [0.1, 0.15) is 5.82 Å². The number of fused-ring (bicyclic) bond motifs is 1. The Morgan fingerprint density at radius 1 is 1.30 bits per heavy atom. The molecule has 0 atom stereocenters. The maximum atomic E-state index is 6.00. The van der Waals surface area contributed by atoms with Crippen molar-refractivity contribution in [3.63, 3.8) is 0 Å². The van der Waals surface area contributed by atoms with E-state index in [2.05, 4.69) is 19.7 Å². The summed E-state index contributed by atoms with van der Waals surface area (Å²) in [6.07, 6.45) is 2.00. The predicted octanol–water partition coefficient (Wildman–Crippen LogP) is 4.09. The molecule has 0 radical (unpaired) electrons. The third-order valence-electron chi connectivity index (χ3n) is 2.82. The molecular weight excluding hydrogens is 332 g/mol. The maximum Gasteiger partial charge on any atom is 0.175 e. The van der Waals surface area contributed by atoms with Gasteiger partial charge in [-0.05, 0) is 24.5 Å². The summed E-state index contributed by atoms with van der Waals surface area (Å²) in [5.41, 5.74) is 2.02. The molecule has 0 spiro atoms. The third kappa shape index (κ3) is 2.81. The van der Waals surface area contributed by atoms with Crippen LogP contribution in [0.5, 0.6) is 0 Å². The number of aromatic nitrogens is 4. The molecule has 0 amide bonds. The molecule has 0 fully saturated rings. The van der Waals surface area contributed by atoms with Crippen molar-refractivity contribution >= 4 is 57.5 Å². The summed E-state index contributed by atoms with van der Waals surface area (Å²) in [6, 6.07) is 5.77. The van der Waals surface area contributed by atoms with E-state index >= 15 is 0 Å². The molecule has 0 bridgehead atoms. The van der Waals surface area contributed by atoms with Crippen molar-refractivity contribution < 1.29 is 0 Å². The van der Waals surface area contributed by atoms with E-state index in [1.165, 1.54) is 0 Å². The molecule has 3 rings (SSSR count). The highest BCUT2D eigenvalue weighted by Gasteiger charge is 2.10. The SMILES string of the molecule is CSc1nnc(SCc2nc3cc(Cl)ccc3n2C)s1. The summed E-state index contributed by atoms with van der Waals surface area (Å²) in [5, 5.41) is 8.95. The molecule has 0 aliphatic carbocycles. The standard InChI is InChI=1S/C12H11ClN4S3/c1-17-9-4-3-7(13)5-8(9)14-10(17)6-19-12-16-15-11(18-2)20-12/h3-5H,6H2,1-2H3. The number of imidazole rings is 1. The van der Waals surface area contributed by atoms with Gasteiger partial charge in [-0.15, -0.1) is 10.2 Å². The Morgan fingerprint density at radius 3 is 2.85 bits per heavy atom. The zero-order valence-corrected chi connectivity index (χ0v) is 14.0. The molecule has 0 saturated carbocycles. The first kappa shape index (κ1) is 14.2. The van der Waals surface area contributed by atoms with Crippen LogP contribution in [0, 0.1) is 0 Å². The largest absolute Gasteiger partial charge is 0.330 e. The number of rotatable bonds is 4. The zero-order valence-electron chi connectivity index (χ0n) is 10.8. The Bertz CT molecular complexity index is 752. The molecular formula is C12H11ClN4S3. The van der Waals surface area contributed by atoms with Crippen LogP contribution >= 0.6 is 46.5 Å². The van der Waals surface area contributed by atoms with E-state index in [9.17, 15) is 0 Å². The van der Waals surface area contributed by atoms with Crippen molar-refractivity contribution in [2.45, 2.75) is 14.4 Å². The van der Waals surface area contributed by atoms with Crippen molar-refractivity contribution in [1.82, 2.24) is 19.7 Å². The van der Waals surface area contributed by atoms with E-state index < -0.39 is 0 Å². The van der Waals surface area contributed by atoms with Crippen LogP contribution in [0.1, 0.15) is 5.82 Å². The van der Waals surface area contributed by atoms with Crippen LogP contribution in [0.15, 0.2) is 26.9 Å². The highest BCUT2D eigenvalue weighted by atomic mass is 35.5. The van der Waals surface area contributed by atoms with E-state index in [1.807, 2.05) is 31.5 Å². The molecule has 8 heteroatoms. The van der Waals surface area contributed by atoms with Crippen molar-refractivity contribution in [2.75, 3.05) is 6.26 Å². The smallest absolute Gasteiger partial charge is 0.175 e. The molecule has 0 aliphatic rings. The molecule has 4 nitrogen and oxygen atoms in total. The molecule has 0 unspecified atom stereocenters. The van der Waals surface area contributed by atoms with E-state index in [-0.39, 0.29) is 0 Å². The average molecular weight is 343 g/mol. The summed E-state index contributed by atoms with van der Waals surface area (Å²) in [7, 11) is 2.02. The lowest BCUT2D eigenvalue weighted by Gasteiger charge is -2.00. The monoisotopic (exact) mass is 342 g/mol. The van der Waals surface area contributed by atoms with Crippen LogP contribution in [0.2, 0.25) is 5.02 Å². The van der Waals surface area contributed by atoms with Gasteiger partial charge in [-0.3, -0.25) is 0 Å². The van der Waals surface area contributed by atoms with Crippen molar-refractivity contribution in [2.24, 2.45) is 7.05 Å². The molecule has 3 aromatic rings. The van der Waals surface area contributed by atoms with Crippen molar-refractivity contribution in [3.8, 4) is 0 Å². The molecule has 2 aromatic heterocycles. The van der Waals surface area contributed by atoms with Crippen LogP contribution in [0.4, 0.5) is 0 Å². The fourth-order valence-electron chi connectivity index (χ4n) is 1.82. The Hall–Kier alpha value is -0.760. The third-order valence-corrected chi connectivity index (χ3v) is 6.09. The minimum Gasteiger partial charge on any atom is -0.330 e. The summed E-state index contributed by atoms with van der Waals surface area (Å²) >= 11 is 10.9. The second-order valence-corrected chi connectivity index (χ2v) is 7.74. The van der Waals surface area contributed by atoms with Crippen LogP contribution in [0.3, 0.4) is 0 Å². The zero-order chi connectivity index (χ0) is 14.1. The maximum absolute atomic E-state index is 6.00. The summed E-state index contributed by atoms with van der Waals surface area (Å²) in [4.78, 5) is 4.62. The van der Waals surface area contributed by atoms with Gasteiger partial charge in [0.05, 0.1) is 16.8 Å². The number of nitrogens with zero attached hydrogens (tertiary/aromatic N) is 4. The first-order valence-corrected chi connectivity index (χ1v) is 9.19. The van der Waals surface area contributed by atoms with Gasteiger partial charge in [-0.2, -0.15) is 0 Å². The second-order valence-electron chi connectivity index (χ2n) is 4.05. The normalized spacial score (nSPS) is 11.3. The van der Waals surface area contributed by atoms with Crippen LogP contribution < -0.4 is 0 Å². The highest BCUT2D eigenvalue weighted by Crippen LogP contribution is 2.30. The first-order chi connectivity index (χ1) is 9.67. The van der Waals surface area contributed by atoms with Gasteiger partial charge in [0.15, 0.2) is 8.68 Å². The highest BCUT2D eigenvalue weighted by molar-refractivity contribution is 8.02. The summed E-state index contributed by atoms with van der Waals surface area (Å²) in [5.74, 6) is 1.78. The van der Waals surface area contributed by atoms with E-state index in [0.29, 0.717) is 5.02 Å². The predicted molar refractivity (Wildman–Crippen MR) is 87.0 cm³/mol. The van der Waals surface area contributed by atoms with E-state index in [4.69, 9.17) is 11.6 Å². The summed E-state index contributed by atoms with van der Waals surface area (Å²) in [6.45, 7) is 0. The van der Waals surface area contributed by atoms with Crippen LogP contribution in [-0.4, -0.2) is 26.0 Å². The molecule has 104 valence electrons. The number of benzene rings is 1. The number of thioether (sulfide) groups is 2. The lowest BCUT2D eigenvalue weighted by molar-refractivity contribution is 0.874. The van der Waals surface area contributed by atoms with Gasteiger partial charge in [-0.25, -0.2) is 4.98 Å². The lowest BCUT2D eigenvalue weighted by Crippen LogP contribution is -1.95. The first-order valence-electron chi connectivity index (χ1n) is 5.78. The van der Waals surface area contributed by atoms with Gasteiger partial charge in [0.2, 0.25) is 0 Å². The lowest BCUT2D eigenvalue weighted by atomic mass is 10.3. The molecule has 2 heterocycles. The minimum absolute atomic E-state index is 0.712. The Kier molecular flexibility index (Phi) is 4.21. The number of halogens is 1. The van der Waals surface area contributed by atoms with Gasteiger partial charge >= 0.3 is 0 Å². The number of hydrogen-bond donors (Lipinski definition) is 0. The Balaban J connectivity index is 1.82. The van der Waals surface area contributed by atoms with Crippen LogP contribution in [0.25, 0.3) is 11.0 Å². The Labute approximate surface area is 134 Å².